The van der Waals surface area contributed by atoms with E-state index in [2.05, 4.69) is 5.32 Å². The Balaban J connectivity index is 1.86. The quantitative estimate of drug-likeness (QED) is 0.591. The van der Waals surface area contributed by atoms with Crippen molar-refractivity contribution in [2.24, 2.45) is 0 Å². The number of carbonyl (C=O) groups excluding carboxylic acids is 2. The van der Waals surface area contributed by atoms with E-state index in [0.29, 0.717) is 21.3 Å². The van der Waals surface area contributed by atoms with Crippen LogP contribution in [0.25, 0.3) is 0 Å². The fourth-order valence-corrected chi connectivity index (χ4v) is 2.98. The number of hydrogen-bond acceptors (Lipinski definition) is 4. The number of anilines is 1. The topological polar surface area (TPSA) is 55.4 Å². The monoisotopic (exact) mass is 383 g/mol. The molecule has 0 saturated heterocycles. The summed E-state index contributed by atoms with van der Waals surface area (Å²) >= 11 is 13.3. The third kappa shape index (κ3) is 5.44. The highest BCUT2D eigenvalue weighted by Crippen LogP contribution is 2.24. The summed E-state index contributed by atoms with van der Waals surface area (Å²) in [5.41, 5.74) is 1.28. The van der Waals surface area contributed by atoms with Crippen molar-refractivity contribution < 1.29 is 14.3 Å². The van der Waals surface area contributed by atoms with Gasteiger partial charge in [0, 0.05) is 14.9 Å². The largest absolute Gasteiger partial charge is 0.455 e. The molecule has 0 aliphatic carbocycles. The fraction of sp³-hybridized carbons (Fsp3) is 0.176. The number of halogens is 2. The van der Waals surface area contributed by atoms with E-state index in [-0.39, 0.29) is 13.0 Å². The molecule has 1 N–H and O–H groups in total. The summed E-state index contributed by atoms with van der Waals surface area (Å²) < 4.78 is 4.99. The second-order valence-electron chi connectivity index (χ2n) is 4.82. The van der Waals surface area contributed by atoms with E-state index in [1.54, 1.807) is 24.3 Å². The molecule has 2 aromatic carbocycles. The predicted octanol–water partition coefficient (Wildman–Crippen LogP) is 4.44. The molecule has 0 aliphatic heterocycles. The van der Waals surface area contributed by atoms with E-state index in [9.17, 15) is 9.59 Å². The zero-order chi connectivity index (χ0) is 17.5. The normalized spacial score (nSPS) is 10.3. The van der Waals surface area contributed by atoms with Crippen LogP contribution in [0.1, 0.15) is 5.56 Å². The number of amides is 1. The number of thioether (sulfide) groups is 1. The highest BCUT2D eigenvalue weighted by molar-refractivity contribution is 7.98. The predicted molar refractivity (Wildman–Crippen MR) is 98.0 cm³/mol. The van der Waals surface area contributed by atoms with Gasteiger partial charge in [0.05, 0.1) is 12.1 Å². The van der Waals surface area contributed by atoms with Crippen LogP contribution in [0.15, 0.2) is 47.4 Å². The molecule has 0 atom stereocenters. The summed E-state index contributed by atoms with van der Waals surface area (Å²) in [5, 5.41) is 3.60. The molecule has 0 aromatic heterocycles. The van der Waals surface area contributed by atoms with Crippen molar-refractivity contribution >= 4 is 52.5 Å². The van der Waals surface area contributed by atoms with Gasteiger partial charge in [-0.05, 0) is 36.1 Å². The van der Waals surface area contributed by atoms with Gasteiger partial charge in [-0.2, -0.15) is 0 Å². The maximum atomic E-state index is 11.9. The third-order valence-corrected chi connectivity index (χ3v) is 4.48. The molecule has 0 bridgehead atoms. The average molecular weight is 384 g/mol. The van der Waals surface area contributed by atoms with Gasteiger partial charge in [0.1, 0.15) is 0 Å². The Bertz CT molecular complexity index is 752. The average Bonchev–Trinajstić information content (AvgIpc) is 2.56. The number of carbonyl (C=O) groups is 2. The minimum absolute atomic E-state index is 0.0231. The summed E-state index contributed by atoms with van der Waals surface area (Å²) in [5.74, 6) is -0.931. The van der Waals surface area contributed by atoms with E-state index in [4.69, 9.17) is 27.9 Å². The molecule has 1 amide bonds. The van der Waals surface area contributed by atoms with Crippen molar-refractivity contribution in [2.75, 3.05) is 18.2 Å². The Labute approximate surface area is 154 Å². The summed E-state index contributed by atoms with van der Waals surface area (Å²) in [6.45, 7) is -0.354. The number of benzene rings is 2. The maximum absolute atomic E-state index is 11.9. The first kappa shape index (κ1) is 18.6. The van der Waals surface area contributed by atoms with Crippen LogP contribution in [0.5, 0.6) is 0 Å². The summed E-state index contributed by atoms with van der Waals surface area (Å²) in [4.78, 5) is 24.7. The number of nitrogens with one attached hydrogen (secondary N) is 1. The van der Waals surface area contributed by atoms with Gasteiger partial charge in [-0.25, -0.2) is 0 Å². The van der Waals surface area contributed by atoms with Crippen molar-refractivity contribution in [3.05, 3.63) is 58.1 Å². The zero-order valence-electron chi connectivity index (χ0n) is 12.8. The third-order valence-electron chi connectivity index (χ3n) is 3.10. The van der Waals surface area contributed by atoms with Crippen LogP contribution in [0, 0.1) is 0 Å². The van der Waals surface area contributed by atoms with Gasteiger partial charge in [-0.3, -0.25) is 9.59 Å². The van der Waals surface area contributed by atoms with Crippen molar-refractivity contribution in [3.8, 4) is 0 Å². The highest BCUT2D eigenvalue weighted by Gasteiger charge is 2.12. The second-order valence-corrected chi connectivity index (χ2v) is 6.51. The van der Waals surface area contributed by atoms with Crippen molar-refractivity contribution in [2.45, 2.75) is 11.3 Å². The lowest BCUT2D eigenvalue weighted by Gasteiger charge is -2.10. The van der Waals surface area contributed by atoms with Crippen LogP contribution in [-0.2, 0) is 20.7 Å². The Morgan fingerprint density at radius 1 is 1.17 bits per heavy atom. The molecule has 0 fully saturated rings. The fourth-order valence-electron chi connectivity index (χ4n) is 1.95. The maximum Gasteiger partial charge on any atom is 0.310 e. The Hall–Kier alpha value is -1.69. The molecule has 0 radical (unpaired) electrons. The molecule has 2 rings (SSSR count). The first-order chi connectivity index (χ1) is 11.5. The molecular formula is C17H15Cl2NO3S. The van der Waals surface area contributed by atoms with E-state index in [1.165, 1.54) is 11.8 Å². The first-order valence-corrected chi connectivity index (χ1v) is 9.00. The molecule has 24 heavy (non-hydrogen) atoms. The highest BCUT2D eigenvalue weighted by atomic mass is 35.5. The molecule has 7 heteroatoms. The number of esters is 1. The van der Waals surface area contributed by atoms with Gasteiger partial charge in [0.25, 0.3) is 5.91 Å². The molecule has 0 spiro atoms. The summed E-state index contributed by atoms with van der Waals surface area (Å²) in [6.07, 6.45) is 1.89. The van der Waals surface area contributed by atoms with Crippen molar-refractivity contribution in [3.63, 3.8) is 0 Å². The van der Waals surface area contributed by atoms with Crippen LogP contribution in [0.2, 0.25) is 10.0 Å². The number of ether oxygens (including phenoxy) is 1. The van der Waals surface area contributed by atoms with E-state index in [1.807, 2.05) is 24.5 Å². The molecule has 0 aliphatic rings. The van der Waals surface area contributed by atoms with E-state index >= 15 is 0 Å². The summed E-state index contributed by atoms with van der Waals surface area (Å²) in [7, 11) is 0. The van der Waals surface area contributed by atoms with Gasteiger partial charge in [0.2, 0.25) is 0 Å². The summed E-state index contributed by atoms with van der Waals surface area (Å²) in [6, 6.07) is 12.2. The van der Waals surface area contributed by atoms with Crippen LogP contribution in [-0.4, -0.2) is 24.7 Å². The number of rotatable bonds is 6. The van der Waals surface area contributed by atoms with Crippen molar-refractivity contribution in [1.29, 1.82) is 0 Å². The van der Waals surface area contributed by atoms with Gasteiger partial charge in [-0.1, -0.05) is 41.4 Å². The van der Waals surface area contributed by atoms with Crippen LogP contribution < -0.4 is 5.32 Å². The lowest BCUT2D eigenvalue weighted by Crippen LogP contribution is -2.22. The lowest BCUT2D eigenvalue weighted by molar-refractivity contribution is -0.146. The number of para-hydroxylation sites is 1. The molecule has 0 unspecified atom stereocenters. The second kappa shape index (κ2) is 8.97. The Morgan fingerprint density at radius 2 is 1.92 bits per heavy atom. The zero-order valence-corrected chi connectivity index (χ0v) is 15.2. The standard InChI is InChI=1S/C17H15Cl2NO3S/c1-24-15-5-3-2-4-14(15)20-16(21)10-23-17(22)8-11-6-7-12(18)9-13(11)19/h2-7,9H,8,10H2,1H3,(H,20,21). The van der Waals surface area contributed by atoms with Gasteiger partial charge in [-0.15, -0.1) is 11.8 Å². The Kier molecular flexibility index (Phi) is 6.97. The molecule has 4 nitrogen and oxygen atoms in total. The lowest BCUT2D eigenvalue weighted by atomic mass is 10.1. The SMILES string of the molecule is CSc1ccccc1NC(=O)COC(=O)Cc1ccc(Cl)cc1Cl. The van der Waals surface area contributed by atoms with E-state index in [0.717, 1.165) is 4.90 Å². The smallest absolute Gasteiger partial charge is 0.310 e. The Morgan fingerprint density at radius 3 is 2.62 bits per heavy atom. The molecule has 0 heterocycles. The van der Waals surface area contributed by atoms with Gasteiger partial charge >= 0.3 is 5.97 Å². The van der Waals surface area contributed by atoms with E-state index < -0.39 is 11.9 Å². The minimum atomic E-state index is -0.535. The van der Waals surface area contributed by atoms with Crippen LogP contribution in [0.4, 0.5) is 5.69 Å². The van der Waals surface area contributed by atoms with Crippen LogP contribution in [0.3, 0.4) is 0 Å². The molecule has 2 aromatic rings. The van der Waals surface area contributed by atoms with Gasteiger partial charge in [0.15, 0.2) is 6.61 Å². The molecule has 126 valence electrons. The number of hydrogen-bond donors (Lipinski definition) is 1. The first-order valence-electron chi connectivity index (χ1n) is 7.02. The van der Waals surface area contributed by atoms with Crippen LogP contribution >= 0.6 is 35.0 Å². The van der Waals surface area contributed by atoms with Gasteiger partial charge < -0.3 is 10.1 Å². The molecule has 0 saturated carbocycles. The minimum Gasteiger partial charge on any atom is -0.455 e. The molecular weight excluding hydrogens is 369 g/mol. The van der Waals surface area contributed by atoms with Crippen molar-refractivity contribution in [1.82, 2.24) is 0 Å².